The normalized spacial score (nSPS) is 10.6. The van der Waals surface area contributed by atoms with Crippen molar-refractivity contribution >= 4 is 33.2 Å². The molecule has 0 aliphatic heterocycles. The summed E-state index contributed by atoms with van der Waals surface area (Å²) < 4.78 is 26.2. The Bertz CT molecular complexity index is 952. The van der Waals surface area contributed by atoms with Crippen molar-refractivity contribution in [2.75, 3.05) is 11.9 Å². The molecule has 0 unspecified atom stereocenters. The van der Waals surface area contributed by atoms with E-state index >= 15 is 0 Å². The zero-order valence-corrected chi connectivity index (χ0v) is 17.7. The largest absolute Gasteiger partial charge is 0.490 e. The molecule has 0 radical (unpaired) electrons. The number of benzene rings is 3. The van der Waals surface area contributed by atoms with E-state index in [1.54, 1.807) is 18.2 Å². The van der Waals surface area contributed by atoms with E-state index in [4.69, 9.17) is 21.1 Å². The van der Waals surface area contributed by atoms with Gasteiger partial charge in [-0.3, -0.25) is 0 Å². The minimum atomic E-state index is -0.294. The first-order valence-electron chi connectivity index (χ1n) is 8.88. The molecule has 0 saturated heterocycles. The molecule has 146 valence electrons. The van der Waals surface area contributed by atoms with Crippen molar-refractivity contribution in [3.8, 4) is 11.5 Å². The Labute approximate surface area is 177 Å². The molecule has 1 N–H and O–H groups in total. The number of halogens is 3. The molecular weight excluding hydrogens is 445 g/mol. The van der Waals surface area contributed by atoms with Gasteiger partial charge in [0.2, 0.25) is 0 Å². The van der Waals surface area contributed by atoms with Gasteiger partial charge in [-0.05, 0) is 58.7 Å². The lowest BCUT2D eigenvalue weighted by Gasteiger charge is -2.16. The van der Waals surface area contributed by atoms with Gasteiger partial charge < -0.3 is 14.8 Å². The first kappa shape index (κ1) is 20.5. The molecule has 0 fully saturated rings. The molecular formula is C22H20BrClFNO2. The van der Waals surface area contributed by atoms with E-state index in [2.05, 4.69) is 21.2 Å². The summed E-state index contributed by atoms with van der Waals surface area (Å²) in [5.41, 5.74) is 2.34. The third-order valence-corrected chi connectivity index (χ3v) is 4.97. The van der Waals surface area contributed by atoms with Crippen molar-refractivity contribution in [3.05, 3.63) is 87.1 Å². The number of hydrogen-bond acceptors (Lipinski definition) is 3. The lowest BCUT2D eigenvalue weighted by atomic mass is 10.2. The fourth-order valence-corrected chi connectivity index (χ4v) is 3.50. The summed E-state index contributed by atoms with van der Waals surface area (Å²) >= 11 is 9.74. The Morgan fingerprint density at radius 2 is 1.79 bits per heavy atom. The number of hydrogen-bond donors (Lipinski definition) is 1. The maximum absolute atomic E-state index is 13.9. The molecule has 3 nitrogen and oxygen atoms in total. The summed E-state index contributed by atoms with van der Waals surface area (Å²) in [4.78, 5) is 0. The molecule has 0 aromatic heterocycles. The molecule has 6 heteroatoms. The second-order valence-electron chi connectivity index (χ2n) is 6.05. The summed E-state index contributed by atoms with van der Waals surface area (Å²) in [5.74, 6) is 0.855. The summed E-state index contributed by atoms with van der Waals surface area (Å²) in [7, 11) is 0. The summed E-state index contributed by atoms with van der Waals surface area (Å²) in [6.07, 6.45) is 0. The summed E-state index contributed by atoms with van der Waals surface area (Å²) in [6, 6.07) is 18.0. The highest BCUT2D eigenvalue weighted by atomic mass is 79.9. The number of anilines is 1. The number of rotatable bonds is 8. The Morgan fingerprint density at radius 1 is 1.04 bits per heavy atom. The summed E-state index contributed by atoms with van der Waals surface area (Å²) in [5, 5.41) is 3.98. The van der Waals surface area contributed by atoms with Gasteiger partial charge in [-0.1, -0.05) is 41.9 Å². The lowest BCUT2D eigenvalue weighted by molar-refractivity contribution is 0.264. The molecule has 3 aromatic carbocycles. The van der Waals surface area contributed by atoms with Crippen molar-refractivity contribution in [3.63, 3.8) is 0 Å². The number of nitrogens with one attached hydrogen (secondary N) is 1. The van der Waals surface area contributed by atoms with Crippen LogP contribution in [0.15, 0.2) is 65.1 Å². The molecule has 0 saturated carbocycles. The van der Waals surface area contributed by atoms with Crippen LogP contribution in [-0.4, -0.2) is 6.61 Å². The maximum Gasteiger partial charge on any atom is 0.175 e. The van der Waals surface area contributed by atoms with Crippen LogP contribution in [0.5, 0.6) is 11.5 Å². The van der Waals surface area contributed by atoms with Gasteiger partial charge >= 0.3 is 0 Å². The summed E-state index contributed by atoms with van der Waals surface area (Å²) in [6.45, 7) is 3.08. The SMILES string of the molecule is CCOc1cc(CNc2ccccc2Cl)cc(Br)c1OCc1ccccc1F. The topological polar surface area (TPSA) is 30.5 Å². The van der Waals surface area contributed by atoms with E-state index in [1.165, 1.54) is 6.07 Å². The van der Waals surface area contributed by atoms with Crippen LogP contribution in [0, 0.1) is 5.82 Å². The van der Waals surface area contributed by atoms with Gasteiger partial charge in [0.15, 0.2) is 11.5 Å². The fraction of sp³-hybridized carbons (Fsp3) is 0.182. The maximum atomic E-state index is 13.9. The monoisotopic (exact) mass is 463 g/mol. The van der Waals surface area contributed by atoms with Crippen molar-refractivity contribution in [2.45, 2.75) is 20.1 Å². The third kappa shape index (κ3) is 5.18. The van der Waals surface area contributed by atoms with E-state index in [0.29, 0.717) is 35.2 Å². The molecule has 28 heavy (non-hydrogen) atoms. The zero-order valence-electron chi connectivity index (χ0n) is 15.3. The minimum Gasteiger partial charge on any atom is -0.490 e. The van der Waals surface area contributed by atoms with Crippen LogP contribution in [0.4, 0.5) is 10.1 Å². The molecule has 0 heterocycles. The fourth-order valence-electron chi connectivity index (χ4n) is 2.69. The van der Waals surface area contributed by atoms with Crippen LogP contribution >= 0.6 is 27.5 Å². The van der Waals surface area contributed by atoms with E-state index in [0.717, 1.165) is 15.7 Å². The van der Waals surface area contributed by atoms with Gasteiger partial charge in [0.1, 0.15) is 12.4 Å². The predicted molar refractivity (Wildman–Crippen MR) is 115 cm³/mol. The van der Waals surface area contributed by atoms with Crippen LogP contribution in [0.1, 0.15) is 18.1 Å². The van der Waals surface area contributed by atoms with E-state index in [-0.39, 0.29) is 12.4 Å². The highest BCUT2D eigenvalue weighted by molar-refractivity contribution is 9.10. The Morgan fingerprint density at radius 3 is 2.54 bits per heavy atom. The van der Waals surface area contributed by atoms with Crippen molar-refractivity contribution in [1.29, 1.82) is 0 Å². The smallest absolute Gasteiger partial charge is 0.175 e. The Hall–Kier alpha value is -2.24. The van der Waals surface area contributed by atoms with E-state index < -0.39 is 0 Å². The molecule has 0 amide bonds. The van der Waals surface area contributed by atoms with Crippen LogP contribution in [0.3, 0.4) is 0 Å². The van der Waals surface area contributed by atoms with Gasteiger partial charge in [-0.15, -0.1) is 0 Å². The molecule has 0 aliphatic rings. The Balaban J connectivity index is 1.77. The van der Waals surface area contributed by atoms with Crippen LogP contribution in [0.2, 0.25) is 5.02 Å². The average molecular weight is 465 g/mol. The highest BCUT2D eigenvalue weighted by Gasteiger charge is 2.14. The Kier molecular flexibility index (Phi) is 7.18. The van der Waals surface area contributed by atoms with Gasteiger partial charge in [-0.25, -0.2) is 4.39 Å². The highest BCUT2D eigenvalue weighted by Crippen LogP contribution is 2.38. The molecule has 3 aromatic rings. The van der Waals surface area contributed by atoms with Crippen molar-refractivity contribution in [2.24, 2.45) is 0 Å². The van der Waals surface area contributed by atoms with Gasteiger partial charge in [0, 0.05) is 12.1 Å². The second-order valence-corrected chi connectivity index (χ2v) is 7.31. The van der Waals surface area contributed by atoms with Crippen molar-refractivity contribution < 1.29 is 13.9 Å². The lowest BCUT2D eigenvalue weighted by Crippen LogP contribution is -2.05. The molecule has 0 spiro atoms. The average Bonchev–Trinajstić information content (AvgIpc) is 2.68. The van der Waals surface area contributed by atoms with Crippen LogP contribution in [0.25, 0.3) is 0 Å². The minimum absolute atomic E-state index is 0.114. The van der Waals surface area contributed by atoms with Gasteiger partial charge in [0.05, 0.1) is 21.8 Å². The first-order chi connectivity index (χ1) is 13.6. The molecule has 0 atom stereocenters. The van der Waals surface area contributed by atoms with E-state index in [1.807, 2.05) is 43.3 Å². The predicted octanol–water partition coefficient (Wildman–Crippen LogP) is 6.83. The van der Waals surface area contributed by atoms with Gasteiger partial charge in [0.25, 0.3) is 0 Å². The first-order valence-corrected chi connectivity index (χ1v) is 10.1. The van der Waals surface area contributed by atoms with Crippen molar-refractivity contribution in [1.82, 2.24) is 0 Å². The quantitative estimate of drug-likeness (QED) is 0.396. The number of ether oxygens (including phenoxy) is 2. The van der Waals surface area contributed by atoms with E-state index in [9.17, 15) is 4.39 Å². The third-order valence-electron chi connectivity index (χ3n) is 4.06. The zero-order chi connectivity index (χ0) is 19.9. The van der Waals surface area contributed by atoms with Crippen LogP contribution in [-0.2, 0) is 13.2 Å². The molecule has 0 bridgehead atoms. The standard InChI is InChI=1S/C22H20BrClFNO2/c1-2-27-21-12-15(13-26-20-10-6-4-8-18(20)24)11-17(23)22(21)28-14-16-7-3-5-9-19(16)25/h3-12,26H,2,13-14H2,1H3. The molecule has 0 aliphatic carbocycles. The van der Waals surface area contributed by atoms with Gasteiger partial charge in [-0.2, -0.15) is 0 Å². The van der Waals surface area contributed by atoms with Crippen LogP contribution < -0.4 is 14.8 Å². The number of para-hydroxylation sites is 1. The second kappa shape index (κ2) is 9.80. The molecule has 3 rings (SSSR count).